The second kappa shape index (κ2) is 10.3. The largest absolute Gasteiger partial charge is 0.478 e. The molecule has 0 spiro atoms. The molecule has 3 fully saturated rings. The van der Waals surface area contributed by atoms with E-state index in [1.165, 1.54) is 17.4 Å². The molecule has 1 N–H and O–H groups in total. The van der Waals surface area contributed by atoms with Crippen molar-refractivity contribution in [1.29, 1.82) is 0 Å². The lowest BCUT2D eigenvalue weighted by Gasteiger charge is -2.18. The van der Waals surface area contributed by atoms with Gasteiger partial charge in [-0.1, -0.05) is 45.8 Å². The molecule has 3 heterocycles. The van der Waals surface area contributed by atoms with Crippen molar-refractivity contribution in [2.75, 3.05) is 24.6 Å². The molecule has 1 aliphatic heterocycles. The quantitative estimate of drug-likeness (QED) is 0.222. The average molecular weight is 603 g/mol. The lowest BCUT2D eigenvalue weighted by Crippen LogP contribution is -2.22. The topological polar surface area (TPSA) is 88.7 Å². The van der Waals surface area contributed by atoms with Crippen LogP contribution in [0, 0.1) is 23.6 Å². The second-order valence-corrected chi connectivity index (χ2v) is 13.0. The molecule has 7 rings (SSSR count). The zero-order chi connectivity index (χ0) is 27.5. The molecule has 1 saturated heterocycles. The third kappa shape index (κ3) is 4.76. The second-order valence-electron chi connectivity index (χ2n) is 11.1. The molecule has 2 aromatic heterocycles. The number of benzene rings is 2. The lowest BCUT2D eigenvalue weighted by molar-refractivity contribution is 0.0696. The molecule has 3 aliphatic rings. The van der Waals surface area contributed by atoms with Crippen LogP contribution in [0.3, 0.4) is 0 Å². The molecule has 208 valence electrons. The first-order chi connectivity index (χ1) is 19.4. The van der Waals surface area contributed by atoms with Crippen LogP contribution < -0.4 is 4.90 Å². The van der Waals surface area contributed by atoms with Crippen molar-refractivity contribution >= 4 is 55.9 Å². The van der Waals surface area contributed by atoms with E-state index < -0.39 is 11.8 Å². The number of hydrogen-bond acceptors (Lipinski definition) is 7. The van der Waals surface area contributed by atoms with Crippen molar-refractivity contribution in [3.05, 3.63) is 63.1 Å². The van der Waals surface area contributed by atoms with Gasteiger partial charge in [0.25, 0.3) is 0 Å². The highest BCUT2D eigenvalue weighted by molar-refractivity contribution is 7.22. The Morgan fingerprint density at radius 2 is 1.90 bits per heavy atom. The van der Waals surface area contributed by atoms with Gasteiger partial charge in [0.05, 0.1) is 26.9 Å². The van der Waals surface area contributed by atoms with E-state index in [1.807, 2.05) is 6.07 Å². The number of carboxylic acid groups (broad SMARTS) is 1. The summed E-state index contributed by atoms with van der Waals surface area (Å²) in [6.45, 7) is 2.78. The molecule has 0 bridgehead atoms. The Hall–Kier alpha value is -2.72. The van der Waals surface area contributed by atoms with Gasteiger partial charge < -0.3 is 19.3 Å². The number of carbonyl (C=O) groups is 1. The minimum Gasteiger partial charge on any atom is -0.478 e. The van der Waals surface area contributed by atoms with E-state index in [-0.39, 0.29) is 11.1 Å². The van der Waals surface area contributed by atoms with Crippen LogP contribution in [-0.2, 0) is 11.3 Å². The summed E-state index contributed by atoms with van der Waals surface area (Å²) in [4.78, 5) is 18.0. The van der Waals surface area contributed by atoms with E-state index in [4.69, 9.17) is 32.5 Å². The monoisotopic (exact) mass is 601 g/mol. The van der Waals surface area contributed by atoms with Gasteiger partial charge in [-0.2, -0.15) is 0 Å². The number of nitrogens with zero attached hydrogens (tertiary/aromatic N) is 3. The summed E-state index contributed by atoms with van der Waals surface area (Å²) >= 11 is 14.3. The molecule has 4 aromatic rings. The summed E-state index contributed by atoms with van der Waals surface area (Å²) in [5.74, 6) is 1.03. The number of rotatable bonds is 8. The van der Waals surface area contributed by atoms with Crippen molar-refractivity contribution in [2.24, 2.45) is 17.8 Å². The molecule has 0 radical (unpaired) electrons. The zero-order valence-electron chi connectivity index (χ0n) is 21.4. The Morgan fingerprint density at radius 1 is 1.18 bits per heavy atom. The first-order valence-electron chi connectivity index (χ1n) is 13.4. The van der Waals surface area contributed by atoms with Crippen LogP contribution in [0.4, 0.5) is 9.52 Å². The summed E-state index contributed by atoms with van der Waals surface area (Å²) in [6.07, 6.45) is 4.29. The van der Waals surface area contributed by atoms with Gasteiger partial charge in [0.2, 0.25) is 0 Å². The van der Waals surface area contributed by atoms with Crippen LogP contribution in [0.2, 0.25) is 10.0 Å². The first kappa shape index (κ1) is 26.2. The Morgan fingerprint density at radius 3 is 2.58 bits per heavy atom. The molecule has 3 atom stereocenters. The number of hydrogen-bond donors (Lipinski definition) is 1. The van der Waals surface area contributed by atoms with Gasteiger partial charge in [-0.3, -0.25) is 0 Å². The van der Waals surface area contributed by atoms with Gasteiger partial charge >= 0.3 is 5.97 Å². The van der Waals surface area contributed by atoms with Gasteiger partial charge in [-0.15, -0.1) is 0 Å². The molecule has 2 saturated carbocycles. The maximum absolute atomic E-state index is 14.5. The number of carboxylic acids is 1. The molecular formula is C29H26Cl2FN3O4S. The van der Waals surface area contributed by atoms with Crippen LogP contribution in [0.5, 0.6) is 0 Å². The van der Waals surface area contributed by atoms with E-state index in [2.05, 4.69) is 15.0 Å². The number of aromatic carboxylic acids is 1. The number of anilines is 1. The Bertz CT molecular complexity index is 1590. The summed E-state index contributed by atoms with van der Waals surface area (Å²) in [5.41, 5.74) is 2.48. The van der Waals surface area contributed by atoms with Crippen LogP contribution in [0.25, 0.3) is 21.5 Å². The Labute approximate surface area is 243 Å². The molecule has 11 heteroatoms. The molecule has 1 unspecified atom stereocenters. The van der Waals surface area contributed by atoms with E-state index in [0.717, 1.165) is 61.3 Å². The third-order valence-electron chi connectivity index (χ3n) is 8.37. The number of aromatic nitrogens is 2. The number of halogens is 3. The van der Waals surface area contributed by atoms with E-state index >= 15 is 0 Å². The third-order valence-corrected chi connectivity index (χ3v) is 10.1. The molecule has 2 aromatic carbocycles. The zero-order valence-corrected chi connectivity index (χ0v) is 23.7. The molecular weight excluding hydrogens is 576 g/mol. The maximum atomic E-state index is 14.5. The van der Waals surface area contributed by atoms with Gasteiger partial charge in [-0.25, -0.2) is 14.2 Å². The molecule has 2 aliphatic carbocycles. The first-order valence-corrected chi connectivity index (χ1v) is 15.0. The Balaban J connectivity index is 0.994. The van der Waals surface area contributed by atoms with Crippen LogP contribution in [0.1, 0.15) is 53.3 Å². The van der Waals surface area contributed by atoms with E-state index in [0.29, 0.717) is 62.9 Å². The maximum Gasteiger partial charge on any atom is 0.335 e. The predicted octanol–water partition coefficient (Wildman–Crippen LogP) is 7.65. The number of fused-ring (bicyclic) bond motifs is 2. The van der Waals surface area contributed by atoms with Gasteiger partial charge in [0, 0.05) is 36.7 Å². The standard InChI is InChI=1S/C29H26Cl2FN3O4S/c30-20-2-1-3-21(31)24(20)25-19(27(39-34-25)15-4-5-15)13-38-12-14-6-17-10-35(11-18(17)7-14)29-33-26-22(32)8-16(28(36)37)9-23(26)40-29/h1-3,8-9,14-15,17-18H,4-7,10-13H2,(H,36,37)/t14?,17-,18+. The van der Waals surface area contributed by atoms with Gasteiger partial charge in [0.15, 0.2) is 10.9 Å². The smallest absolute Gasteiger partial charge is 0.335 e. The van der Waals surface area contributed by atoms with Gasteiger partial charge in [0.1, 0.15) is 17.0 Å². The highest BCUT2D eigenvalue weighted by Gasteiger charge is 2.42. The van der Waals surface area contributed by atoms with Crippen molar-refractivity contribution < 1.29 is 23.6 Å². The summed E-state index contributed by atoms with van der Waals surface area (Å²) in [6, 6.07) is 7.96. The van der Waals surface area contributed by atoms with Crippen molar-refractivity contribution in [3.8, 4) is 11.3 Å². The fourth-order valence-electron chi connectivity index (χ4n) is 6.33. The van der Waals surface area contributed by atoms with Gasteiger partial charge in [-0.05, 0) is 67.7 Å². The minimum absolute atomic E-state index is 0.0566. The van der Waals surface area contributed by atoms with Crippen LogP contribution >= 0.6 is 34.5 Å². The van der Waals surface area contributed by atoms with E-state index in [9.17, 15) is 14.3 Å². The van der Waals surface area contributed by atoms with Crippen molar-refractivity contribution in [1.82, 2.24) is 10.1 Å². The fourth-order valence-corrected chi connectivity index (χ4v) is 7.94. The fraction of sp³-hybridized carbons (Fsp3) is 0.414. The molecule has 40 heavy (non-hydrogen) atoms. The summed E-state index contributed by atoms with van der Waals surface area (Å²) < 4.78 is 27.1. The average Bonchev–Trinajstić information content (AvgIpc) is 3.22. The van der Waals surface area contributed by atoms with Crippen LogP contribution in [0.15, 0.2) is 34.9 Å². The van der Waals surface area contributed by atoms with Crippen molar-refractivity contribution in [2.45, 2.75) is 38.2 Å². The minimum atomic E-state index is -1.14. The Kier molecular flexibility index (Phi) is 6.73. The predicted molar refractivity (Wildman–Crippen MR) is 152 cm³/mol. The highest BCUT2D eigenvalue weighted by Crippen LogP contribution is 2.47. The van der Waals surface area contributed by atoms with Crippen LogP contribution in [-0.4, -0.2) is 40.9 Å². The number of thiazole rings is 1. The summed E-state index contributed by atoms with van der Waals surface area (Å²) in [7, 11) is 0. The number of ether oxygens (including phenoxy) is 1. The molecule has 7 nitrogen and oxygen atoms in total. The van der Waals surface area contributed by atoms with Crippen molar-refractivity contribution in [3.63, 3.8) is 0 Å². The molecule has 0 amide bonds. The summed E-state index contributed by atoms with van der Waals surface area (Å²) in [5, 5.41) is 15.4. The van der Waals surface area contributed by atoms with E-state index in [1.54, 1.807) is 12.1 Å². The normalized spacial score (nSPS) is 22.4. The SMILES string of the molecule is O=C(O)c1cc(F)c2nc(N3C[C@H]4CC(COCc5c(-c6c(Cl)cccc6Cl)noc5C5CC5)C[C@H]4C3)sc2c1. The highest BCUT2D eigenvalue weighted by atomic mass is 35.5. The lowest BCUT2D eigenvalue weighted by atomic mass is 10.0.